The second-order valence-electron chi connectivity index (χ2n) is 5.91. The predicted molar refractivity (Wildman–Crippen MR) is 93.5 cm³/mol. The summed E-state index contributed by atoms with van der Waals surface area (Å²) in [5.74, 6) is 0.774. The molecule has 2 atom stereocenters. The Morgan fingerprint density at radius 1 is 0.960 bits per heavy atom. The first-order chi connectivity index (χ1) is 12.3. The fourth-order valence-corrected chi connectivity index (χ4v) is 2.97. The van der Waals surface area contributed by atoms with Gasteiger partial charge in [-0.2, -0.15) is 5.26 Å². The van der Waals surface area contributed by atoms with Crippen molar-refractivity contribution in [1.82, 2.24) is 5.32 Å². The topological polar surface area (TPSA) is 66.6 Å². The first kappa shape index (κ1) is 15.3. The highest BCUT2D eigenvalue weighted by Gasteiger charge is 2.30. The molecule has 0 aliphatic carbocycles. The van der Waals surface area contributed by atoms with Crippen molar-refractivity contribution in [2.45, 2.75) is 12.1 Å². The lowest BCUT2D eigenvalue weighted by Gasteiger charge is -2.08. The third kappa shape index (κ3) is 3.07. The normalized spacial score (nSPS) is 23.7. The first-order valence-corrected chi connectivity index (χ1v) is 8.19. The van der Waals surface area contributed by atoms with E-state index in [1.807, 2.05) is 60.7 Å². The average molecular weight is 331 g/mol. The largest absolute Gasteiger partial charge is 0.476 e. The molecular formula is C20H17N3O2. The lowest BCUT2D eigenvalue weighted by atomic mass is 10.1. The summed E-state index contributed by atoms with van der Waals surface area (Å²) in [6, 6.07) is 22.0. The van der Waals surface area contributed by atoms with Gasteiger partial charge in [0.1, 0.15) is 25.3 Å². The lowest BCUT2D eigenvalue weighted by molar-refractivity contribution is 0.251. The van der Waals surface area contributed by atoms with Crippen LogP contribution in [0.1, 0.15) is 23.2 Å². The second-order valence-corrected chi connectivity index (χ2v) is 5.91. The van der Waals surface area contributed by atoms with Gasteiger partial charge in [-0.05, 0) is 11.1 Å². The van der Waals surface area contributed by atoms with E-state index in [0.717, 1.165) is 11.1 Å². The van der Waals surface area contributed by atoms with Crippen LogP contribution in [0.2, 0.25) is 0 Å². The summed E-state index contributed by atoms with van der Waals surface area (Å²) in [5.41, 5.74) is 2.50. The summed E-state index contributed by atoms with van der Waals surface area (Å²) in [4.78, 5) is 4.57. The third-order valence-corrected chi connectivity index (χ3v) is 4.29. The molecule has 1 saturated heterocycles. The molecule has 0 aromatic heterocycles. The molecule has 2 heterocycles. The van der Waals surface area contributed by atoms with Crippen molar-refractivity contribution in [1.29, 1.82) is 5.26 Å². The van der Waals surface area contributed by atoms with E-state index < -0.39 is 0 Å². The van der Waals surface area contributed by atoms with Gasteiger partial charge in [0.05, 0.1) is 6.04 Å². The standard InChI is InChI=1S/C20H17N3O2/c21-11-16(19-22-17(12-24-19)14-7-3-1-4-8-14)20-23-18(13-25-20)15-9-5-2-6-10-15/h1-10,17-18,22H,12-13H2/t17-,18?/m1/s1. The summed E-state index contributed by atoms with van der Waals surface area (Å²) in [5, 5.41) is 12.8. The predicted octanol–water partition coefficient (Wildman–Crippen LogP) is 3.25. The Balaban J connectivity index is 1.57. The van der Waals surface area contributed by atoms with E-state index in [0.29, 0.717) is 30.6 Å². The van der Waals surface area contributed by atoms with Crippen LogP contribution in [-0.4, -0.2) is 19.1 Å². The third-order valence-electron chi connectivity index (χ3n) is 4.29. The number of hydrogen-bond acceptors (Lipinski definition) is 5. The maximum absolute atomic E-state index is 9.57. The van der Waals surface area contributed by atoms with E-state index >= 15 is 0 Å². The number of hydrogen-bond donors (Lipinski definition) is 1. The fourth-order valence-electron chi connectivity index (χ4n) is 2.97. The Hall–Kier alpha value is -3.26. The Bertz CT molecular complexity index is 854. The van der Waals surface area contributed by atoms with Crippen molar-refractivity contribution < 1.29 is 9.47 Å². The van der Waals surface area contributed by atoms with Gasteiger partial charge in [0, 0.05) is 0 Å². The molecule has 2 aliphatic heterocycles. The summed E-state index contributed by atoms with van der Waals surface area (Å²) < 4.78 is 11.4. The molecule has 0 saturated carbocycles. The zero-order valence-corrected chi connectivity index (χ0v) is 13.6. The molecule has 2 aromatic rings. The molecule has 124 valence electrons. The van der Waals surface area contributed by atoms with Gasteiger partial charge in [-0.3, -0.25) is 0 Å². The van der Waals surface area contributed by atoms with Crippen LogP contribution in [0.5, 0.6) is 0 Å². The summed E-state index contributed by atoms with van der Waals surface area (Å²) in [6.07, 6.45) is 0. The molecule has 25 heavy (non-hydrogen) atoms. The Morgan fingerprint density at radius 3 is 2.32 bits per heavy atom. The zero-order valence-electron chi connectivity index (χ0n) is 13.6. The van der Waals surface area contributed by atoms with Gasteiger partial charge in [0.25, 0.3) is 0 Å². The average Bonchev–Trinajstić information content (AvgIpc) is 3.35. The first-order valence-electron chi connectivity index (χ1n) is 8.19. The van der Waals surface area contributed by atoms with Crippen molar-refractivity contribution >= 4 is 5.90 Å². The molecular weight excluding hydrogens is 314 g/mol. The molecule has 2 aliphatic rings. The molecule has 4 rings (SSSR count). The summed E-state index contributed by atoms with van der Waals surface area (Å²) in [6.45, 7) is 0.903. The van der Waals surface area contributed by atoms with Gasteiger partial charge in [-0.15, -0.1) is 0 Å². The van der Waals surface area contributed by atoms with Gasteiger partial charge < -0.3 is 14.8 Å². The smallest absolute Gasteiger partial charge is 0.233 e. The van der Waals surface area contributed by atoms with E-state index in [9.17, 15) is 5.26 Å². The lowest BCUT2D eigenvalue weighted by Crippen LogP contribution is -2.17. The summed E-state index contributed by atoms with van der Waals surface area (Å²) in [7, 11) is 0. The van der Waals surface area contributed by atoms with Crippen molar-refractivity contribution in [2.75, 3.05) is 13.2 Å². The number of ether oxygens (including phenoxy) is 2. The van der Waals surface area contributed by atoms with Crippen molar-refractivity contribution in [3.05, 3.63) is 83.2 Å². The van der Waals surface area contributed by atoms with Crippen LogP contribution >= 0.6 is 0 Å². The van der Waals surface area contributed by atoms with Crippen LogP contribution in [0.3, 0.4) is 0 Å². The van der Waals surface area contributed by atoms with Crippen molar-refractivity contribution in [3.8, 4) is 6.07 Å². The number of benzene rings is 2. The molecule has 0 bridgehead atoms. The molecule has 2 aromatic carbocycles. The Labute approximate surface area is 146 Å². The molecule has 5 nitrogen and oxygen atoms in total. The molecule has 0 amide bonds. The quantitative estimate of drug-likeness (QED) is 0.877. The minimum atomic E-state index is -0.0912. The SMILES string of the molecule is N#CC(C1=NC(c2ccccc2)CO1)=C1N[C@@H](c2ccccc2)CO1. The maximum atomic E-state index is 9.57. The number of nitrogens with one attached hydrogen (secondary N) is 1. The molecule has 1 N–H and O–H groups in total. The monoisotopic (exact) mass is 331 g/mol. The highest BCUT2D eigenvalue weighted by atomic mass is 16.5. The van der Waals surface area contributed by atoms with Crippen molar-refractivity contribution in [2.24, 2.45) is 4.99 Å². The molecule has 1 fully saturated rings. The van der Waals surface area contributed by atoms with Gasteiger partial charge >= 0.3 is 0 Å². The zero-order chi connectivity index (χ0) is 17.1. The van der Waals surface area contributed by atoms with Gasteiger partial charge in [0.15, 0.2) is 5.57 Å². The number of rotatable bonds is 3. The van der Waals surface area contributed by atoms with E-state index in [1.54, 1.807) is 0 Å². The number of aliphatic imine (C=N–C) groups is 1. The highest BCUT2D eigenvalue weighted by Crippen LogP contribution is 2.28. The van der Waals surface area contributed by atoms with E-state index in [4.69, 9.17) is 9.47 Å². The molecule has 1 unspecified atom stereocenters. The van der Waals surface area contributed by atoms with Crippen LogP contribution in [-0.2, 0) is 9.47 Å². The van der Waals surface area contributed by atoms with Crippen LogP contribution in [0.15, 0.2) is 77.1 Å². The summed E-state index contributed by atoms with van der Waals surface area (Å²) >= 11 is 0. The van der Waals surface area contributed by atoms with E-state index in [2.05, 4.69) is 16.4 Å². The highest BCUT2D eigenvalue weighted by molar-refractivity contribution is 5.98. The maximum Gasteiger partial charge on any atom is 0.233 e. The molecule has 0 spiro atoms. The number of nitriles is 1. The van der Waals surface area contributed by atoms with Crippen LogP contribution < -0.4 is 5.32 Å². The minimum Gasteiger partial charge on any atom is -0.476 e. The van der Waals surface area contributed by atoms with Gasteiger partial charge in [-0.1, -0.05) is 60.7 Å². The Morgan fingerprint density at radius 2 is 1.64 bits per heavy atom. The van der Waals surface area contributed by atoms with Crippen molar-refractivity contribution in [3.63, 3.8) is 0 Å². The van der Waals surface area contributed by atoms with Crippen LogP contribution in [0.4, 0.5) is 0 Å². The molecule has 5 heteroatoms. The van der Waals surface area contributed by atoms with E-state index in [1.165, 1.54) is 0 Å². The van der Waals surface area contributed by atoms with Gasteiger partial charge in [-0.25, -0.2) is 4.99 Å². The minimum absolute atomic E-state index is 0.0199. The fraction of sp³-hybridized carbons (Fsp3) is 0.200. The van der Waals surface area contributed by atoms with Crippen LogP contribution in [0.25, 0.3) is 0 Å². The second kappa shape index (κ2) is 6.70. The van der Waals surface area contributed by atoms with Crippen LogP contribution in [0, 0.1) is 11.3 Å². The van der Waals surface area contributed by atoms with E-state index in [-0.39, 0.29) is 12.1 Å². The number of nitrogens with zero attached hydrogens (tertiary/aromatic N) is 2. The Kier molecular flexibility index (Phi) is 4.09. The molecule has 0 radical (unpaired) electrons. The van der Waals surface area contributed by atoms with Gasteiger partial charge in [0.2, 0.25) is 11.8 Å².